The minimum absolute atomic E-state index is 0.0374. The zero-order chi connectivity index (χ0) is 21.1. The van der Waals surface area contributed by atoms with Crippen molar-refractivity contribution in [1.29, 1.82) is 0 Å². The zero-order valence-corrected chi connectivity index (χ0v) is 17.9. The van der Waals surface area contributed by atoms with Gasteiger partial charge in [-0.25, -0.2) is 0 Å². The monoisotopic (exact) mass is 441 g/mol. The van der Waals surface area contributed by atoms with Crippen LogP contribution < -0.4 is 5.32 Å². The van der Waals surface area contributed by atoms with Gasteiger partial charge in [0.25, 0.3) is 0 Å². The third-order valence-corrected chi connectivity index (χ3v) is 5.40. The molecule has 2 aromatic rings. The lowest BCUT2D eigenvalue weighted by Crippen LogP contribution is -2.22. The van der Waals surface area contributed by atoms with Gasteiger partial charge >= 0.3 is 0 Å². The Kier molecular flexibility index (Phi) is 10.8. The van der Waals surface area contributed by atoms with E-state index in [1.165, 1.54) is 6.07 Å². The van der Waals surface area contributed by atoms with Crippen LogP contribution in [-0.2, 0) is 18.0 Å². The molecule has 29 heavy (non-hydrogen) atoms. The molecular weight excluding hydrogens is 413 g/mol. The number of ether oxygens (including phenoxy) is 1. The van der Waals surface area contributed by atoms with Gasteiger partial charge in [-0.05, 0) is 49.2 Å². The second-order valence-electron chi connectivity index (χ2n) is 6.93. The number of benzene rings is 2. The van der Waals surface area contributed by atoms with E-state index in [9.17, 15) is 15.3 Å². The predicted octanol–water partition coefficient (Wildman–Crippen LogP) is 4.59. The fraction of sp³-hybridized carbons (Fsp3) is 0.455. The first-order chi connectivity index (χ1) is 14.0. The van der Waals surface area contributed by atoms with Crippen molar-refractivity contribution < 1.29 is 20.1 Å². The van der Waals surface area contributed by atoms with E-state index in [2.05, 4.69) is 5.32 Å². The quantitative estimate of drug-likeness (QED) is 0.341. The number of aliphatic hydroxyl groups is 2. The summed E-state index contributed by atoms with van der Waals surface area (Å²) < 4.78 is 5.66. The molecule has 1 atom stereocenters. The minimum Gasteiger partial charge on any atom is -0.508 e. The Morgan fingerprint density at radius 1 is 1.00 bits per heavy atom. The van der Waals surface area contributed by atoms with Gasteiger partial charge in [0.1, 0.15) is 5.75 Å². The summed E-state index contributed by atoms with van der Waals surface area (Å²) in [5, 5.41) is 33.5. The summed E-state index contributed by atoms with van der Waals surface area (Å²) in [6.45, 7) is 2.08. The number of aliphatic hydroxyl groups excluding tert-OH is 2. The molecule has 2 rings (SSSR count). The van der Waals surface area contributed by atoms with Gasteiger partial charge in [0, 0.05) is 34.3 Å². The molecule has 5 nitrogen and oxygen atoms in total. The maximum atomic E-state index is 10.2. The van der Waals surface area contributed by atoms with E-state index >= 15 is 0 Å². The molecule has 0 spiro atoms. The molecule has 0 aliphatic carbocycles. The summed E-state index contributed by atoms with van der Waals surface area (Å²) in [4.78, 5) is 0. The van der Waals surface area contributed by atoms with E-state index in [0.29, 0.717) is 40.9 Å². The van der Waals surface area contributed by atoms with Gasteiger partial charge in [-0.3, -0.25) is 0 Å². The van der Waals surface area contributed by atoms with E-state index in [4.69, 9.17) is 27.9 Å². The van der Waals surface area contributed by atoms with Gasteiger partial charge in [0.05, 0.1) is 19.3 Å². The highest BCUT2D eigenvalue weighted by atomic mass is 35.5. The molecule has 0 heterocycles. The summed E-state index contributed by atoms with van der Waals surface area (Å²) in [5.41, 5.74) is 1.93. The van der Waals surface area contributed by atoms with Crippen molar-refractivity contribution in [1.82, 2.24) is 5.32 Å². The molecule has 0 amide bonds. The summed E-state index contributed by atoms with van der Waals surface area (Å²) in [6, 6.07) is 10.2. The van der Waals surface area contributed by atoms with Crippen molar-refractivity contribution in [2.45, 2.75) is 45.0 Å². The second-order valence-corrected chi connectivity index (χ2v) is 7.75. The normalized spacial score (nSPS) is 12.3. The molecule has 0 fully saturated rings. The highest BCUT2D eigenvalue weighted by molar-refractivity contribution is 6.35. The maximum Gasteiger partial charge on any atom is 0.121 e. The number of aromatic hydroxyl groups is 1. The van der Waals surface area contributed by atoms with Crippen LogP contribution in [0.3, 0.4) is 0 Å². The number of rotatable bonds is 13. The van der Waals surface area contributed by atoms with Crippen LogP contribution in [0, 0.1) is 0 Å². The fourth-order valence-electron chi connectivity index (χ4n) is 2.95. The summed E-state index contributed by atoms with van der Waals surface area (Å²) in [6.07, 6.45) is 3.46. The topological polar surface area (TPSA) is 82.0 Å². The van der Waals surface area contributed by atoms with Crippen LogP contribution in [0.15, 0.2) is 36.4 Å². The fourth-order valence-corrected chi connectivity index (χ4v) is 3.45. The number of hydrogen-bond acceptors (Lipinski definition) is 5. The molecule has 0 aliphatic rings. The smallest absolute Gasteiger partial charge is 0.121 e. The van der Waals surface area contributed by atoms with Crippen LogP contribution in [0.1, 0.15) is 48.5 Å². The molecule has 160 valence electrons. The third-order valence-electron chi connectivity index (χ3n) is 4.70. The van der Waals surface area contributed by atoms with Crippen molar-refractivity contribution >= 4 is 23.2 Å². The Bertz CT molecular complexity index is 737. The molecule has 0 radical (unpaired) electrons. The molecule has 0 unspecified atom stereocenters. The number of unbranched alkanes of at least 4 members (excludes halogenated alkanes) is 3. The molecule has 0 saturated carbocycles. The first-order valence-corrected chi connectivity index (χ1v) is 10.6. The van der Waals surface area contributed by atoms with Gasteiger partial charge in [0.2, 0.25) is 0 Å². The third kappa shape index (κ3) is 8.13. The lowest BCUT2D eigenvalue weighted by atomic mass is 10.1. The zero-order valence-electron chi connectivity index (χ0n) is 16.4. The van der Waals surface area contributed by atoms with E-state index in [1.54, 1.807) is 12.1 Å². The summed E-state index contributed by atoms with van der Waals surface area (Å²) in [7, 11) is 0. The SMILES string of the molecule is OCc1cc([C@@H](O)CNCCCCCCOCc2c(Cl)cccc2Cl)ccc1O. The first kappa shape index (κ1) is 23.9. The van der Waals surface area contributed by atoms with Crippen molar-refractivity contribution in [3.05, 3.63) is 63.1 Å². The second kappa shape index (κ2) is 13.1. The molecule has 2 aromatic carbocycles. The van der Waals surface area contributed by atoms with Crippen molar-refractivity contribution in [2.24, 2.45) is 0 Å². The molecular formula is C22H29Cl2NO4. The highest BCUT2D eigenvalue weighted by Gasteiger charge is 2.10. The van der Waals surface area contributed by atoms with Crippen LogP contribution in [0.5, 0.6) is 5.75 Å². The number of halogens is 2. The average Bonchev–Trinajstić information content (AvgIpc) is 2.71. The van der Waals surface area contributed by atoms with Crippen LogP contribution in [0.2, 0.25) is 10.0 Å². The average molecular weight is 442 g/mol. The molecule has 0 saturated heterocycles. The van der Waals surface area contributed by atoms with Crippen LogP contribution in [-0.4, -0.2) is 35.0 Å². The molecule has 0 aliphatic heterocycles. The molecule has 7 heteroatoms. The Balaban J connectivity index is 1.51. The largest absolute Gasteiger partial charge is 0.508 e. The highest BCUT2D eigenvalue weighted by Crippen LogP contribution is 2.25. The molecule has 4 N–H and O–H groups in total. The van der Waals surface area contributed by atoms with Crippen LogP contribution in [0.25, 0.3) is 0 Å². The lowest BCUT2D eigenvalue weighted by molar-refractivity contribution is 0.117. The molecule has 0 aromatic heterocycles. The minimum atomic E-state index is -0.675. The van der Waals surface area contributed by atoms with Crippen LogP contribution in [0.4, 0.5) is 0 Å². The Morgan fingerprint density at radius 3 is 2.45 bits per heavy atom. The lowest BCUT2D eigenvalue weighted by Gasteiger charge is -2.14. The Hall–Kier alpha value is -1.34. The van der Waals surface area contributed by atoms with Crippen molar-refractivity contribution in [2.75, 3.05) is 19.7 Å². The number of phenols is 1. The number of hydrogen-bond donors (Lipinski definition) is 4. The van der Waals surface area contributed by atoms with Gasteiger partial charge < -0.3 is 25.4 Å². The maximum absolute atomic E-state index is 10.2. The van der Waals surface area contributed by atoms with Crippen molar-refractivity contribution in [3.8, 4) is 5.75 Å². The van der Waals surface area contributed by atoms with Gasteiger partial charge in [0.15, 0.2) is 0 Å². The molecule has 0 bridgehead atoms. The first-order valence-electron chi connectivity index (χ1n) is 9.85. The van der Waals surface area contributed by atoms with Crippen LogP contribution >= 0.6 is 23.2 Å². The van der Waals surface area contributed by atoms with Gasteiger partial charge in [-0.2, -0.15) is 0 Å². The van der Waals surface area contributed by atoms with Gasteiger partial charge in [-0.15, -0.1) is 0 Å². The standard InChI is InChI=1S/C22H29Cl2NO4/c23-19-6-5-7-20(24)18(19)15-29-11-4-2-1-3-10-25-13-22(28)16-8-9-21(27)17(12-16)14-26/h5-9,12,22,25-28H,1-4,10-11,13-15H2/t22-/m0/s1. The predicted molar refractivity (Wildman–Crippen MR) is 116 cm³/mol. The number of nitrogens with one attached hydrogen (secondary N) is 1. The van der Waals surface area contributed by atoms with E-state index < -0.39 is 6.10 Å². The van der Waals surface area contributed by atoms with E-state index in [1.807, 2.05) is 18.2 Å². The Morgan fingerprint density at radius 2 is 1.72 bits per heavy atom. The summed E-state index contributed by atoms with van der Waals surface area (Å²) >= 11 is 12.2. The van der Waals surface area contributed by atoms with Crippen molar-refractivity contribution in [3.63, 3.8) is 0 Å². The Labute approximate surface area is 182 Å². The van der Waals surface area contributed by atoms with Gasteiger partial charge in [-0.1, -0.05) is 48.2 Å². The van der Waals surface area contributed by atoms with E-state index in [0.717, 1.165) is 37.8 Å². The van der Waals surface area contributed by atoms with E-state index in [-0.39, 0.29) is 12.4 Å². The summed E-state index contributed by atoms with van der Waals surface area (Å²) in [5.74, 6) is 0.0374.